The Bertz CT molecular complexity index is 419. The number of aliphatic carboxylic acids is 1. The van der Waals surface area contributed by atoms with Gasteiger partial charge in [-0.3, -0.25) is 14.9 Å². The Hall–Kier alpha value is -1.53. The molecule has 0 saturated carbocycles. The quantitative estimate of drug-likeness (QED) is 0.666. The molecule has 2 atom stereocenters. The molecular formula is C14H20N2O3S. The van der Waals surface area contributed by atoms with Crippen LogP contribution in [0, 0.1) is 0 Å². The van der Waals surface area contributed by atoms with Crippen molar-refractivity contribution >= 4 is 23.6 Å². The number of rotatable bonds is 7. The molecule has 3 N–H and O–H groups in total. The fraction of sp³-hybridized carbons (Fsp3) is 0.429. The van der Waals surface area contributed by atoms with Crippen molar-refractivity contribution in [2.45, 2.75) is 31.2 Å². The Morgan fingerprint density at radius 3 is 2.75 bits per heavy atom. The summed E-state index contributed by atoms with van der Waals surface area (Å²) in [5, 5.41) is 16.7. The van der Waals surface area contributed by atoms with Crippen LogP contribution in [0.25, 0.3) is 0 Å². The van der Waals surface area contributed by atoms with Crippen LogP contribution >= 0.6 is 11.8 Å². The van der Waals surface area contributed by atoms with Crippen LogP contribution in [-0.4, -0.2) is 34.9 Å². The van der Waals surface area contributed by atoms with Crippen LogP contribution in [-0.2, 0) is 9.59 Å². The van der Waals surface area contributed by atoms with E-state index < -0.39 is 12.0 Å². The minimum Gasteiger partial charge on any atom is -0.480 e. The summed E-state index contributed by atoms with van der Waals surface area (Å²) in [4.78, 5) is 22.6. The molecule has 0 saturated heterocycles. The first kappa shape index (κ1) is 16.5. The first-order valence-corrected chi connectivity index (χ1v) is 7.48. The van der Waals surface area contributed by atoms with Crippen molar-refractivity contribution in [3.63, 3.8) is 0 Å². The number of nitrogens with one attached hydrogen (secondary N) is 2. The van der Waals surface area contributed by atoms with Gasteiger partial charge >= 0.3 is 5.97 Å². The van der Waals surface area contributed by atoms with Gasteiger partial charge in [-0.05, 0) is 18.8 Å². The largest absolute Gasteiger partial charge is 0.480 e. The third-order valence-electron chi connectivity index (χ3n) is 2.62. The smallest absolute Gasteiger partial charge is 0.320 e. The van der Waals surface area contributed by atoms with Gasteiger partial charge in [-0.2, -0.15) is 0 Å². The average Bonchev–Trinajstić information content (AvgIpc) is 2.36. The molecule has 1 aliphatic rings. The highest BCUT2D eigenvalue weighted by Crippen LogP contribution is 2.15. The highest BCUT2D eigenvalue weighted by molar-refractivity contribution is 8.02. The Labute approximate surface area is 123 Å². The summed E-state index contributed by atoms with van der Waals surface area (Å²) in [6.07, 6.45) is 9.93. The lowest BCUT2D eigenvalue weighted by Gasteiger charge is -2.19. The summed E-state index contributed by atoms with van der Waals surface area (Å²) < 4.78 is 0. The zero-order chi connectivity index (χ0) is 14.8. The second-order valence-corrected chi connectivity index (χ2v) is 5.26. The van der Waals surface area contributed by atoms with Crippen molar-refractivity contribution in [2.24, 2.45) is 0 Å². The Kier molecular flexibility index (Phi) is 7.75. The van der Waals surface area contributed by atoms with Gasteiger partial charge in [-0.25, -0.2) is 0 Å². The van der Waals surface area contributed by atoms with Gasteiger partial charge in [0.25, 0.3) is 0 Å². The molecule has 1 aliphatic heterocycles. The maximum atomic E-state index is 11.4. The van der Waals surface area contributed by atoms with Gasteiger partial charge in [-0.1, -0.05) is 30.4 Å². The maximum Gasteiger partial charge on any atom is 0.320 e. The van der Waals surface area contributed by atoms with Gasteiger partial charge in [0.1, 0.15) is 6.04 Å². The van der Waals surface area contributed by atoms with Gasteiger partial charge in [0.2, 0.25) is 5.91 Å². The van der Waals surface area contributed by atoms with E-state index in [9.17, 15) is 14.7 Å². The van der Waals surface area contributed by atoms with Gasteiger partial charge in [0, 0.05) is 13.0 Å². The lowest BCUT2D eigenvalue weighted by atomic mass is 10.1. The Morgan fingerprint density at radius 1 is 1.30 bits per heavy atom. The predicted molar refractivity (Wildman–Crippen MR) is 81.3 cm³/mol. The molecule has 0 bridgehead atoms. The summed E-state index contributed by atoms with van der Waals surface area (Å²) in [6.45, 7) is 2.39. The zero-order valence-electron chi connectivity index (χ0n) is 11.4. The third-order valence-corrected chi connectivity index (χ3v) is 3.52. The molecule has 0 spiro atoms. The minimum absolute atomic E-state index is 0.119. The summed E-state index contributed by atoms with van der Waals surface area (Å²) in [7, 11) is 0. The highest BCUT2D eigenvalue weighted by Gasteiger charge is 2.21. The van der Waals surface area contributed by atoms with Crippen LogP contribution in [0.15, 0.2) is 35.8 Å². The van der Waals surface area contributed by atoms with E-state index in [1.807, 2.05) is 42.7 Å². The molecule has 0 radical (unpaired) electrons. The summed E-state index contributed by atoms with van der Waals surface area (Å²) >= 11 is 1.49. The van der Waals surface area contributed by atoms with Crippen molar-refractivity contribution < 1.29 is 14.7 Å². The molecule has 1 amide bonds. The van der Waals surface area contributed by atoms with Crippen LogP contribution in [0.2, 0.25) is 0 Å². The first-order valence-electron chi connectivity index (χ1n) is 6.54. The Balaban J connectivity index is 2.51. The van der Waals surface area contributed by atoms with Crippen molar-refractivity contribution in [2.75, 3.05) is 6.54 Å². The molecule has 0 aromatic heterocycles. The number of hydrogen-bond donors (Lipinski definition) is 3. The van der Waals surface area contributed by atoms with E-state index in [1.54, 1.807) is 0 Å². The fourth-order valence-electron chi connectivity index (χ4n) is 1.65. The van der Waals surface area contributed by atoms with E-state index in [1.165, 1.54) is 11.8 Å². The molecule has 1 unspecified atom stereocenters. The van der Waals surface area contributed by atoms with Crippen LogP contribution in [0.1, 0.15) is 19.8 Å². The molecule has 0 aliphatic carbocycles. The van der Waals surface area contributed by atoms with E-state index in [0.717, 1.165) is 0 Å². The molecular weight excluding hydrogens is 276 g/mol. The topological polar surface area (TPSA) is 78.4 Å². The normalized spacial score (nSPS) is 23.9. The van der Waals surface area contributed by atoms with Crippen molar-refractivity contribution in [1.82, 2.24) is 10.6 Å². The molecule has 0 aromatic carbocycles. The molecule has 0 fully saturated rings. The van der Waals surface area contributed by atoms with E-state index in [2.05, 4.69) is 10.6 Å². The molecule has 110 valence electrons. The highest BCUT2D eigenvalue weighted by atomic mass is 32.2. The number of allylic oxidation sites excluding steroid dienone is 4. The number of thioether (sulfide) groups is 1. The number of hydrogen-bond acceptors (Lipinski definition) is 4. The SMILES string of the molecule is CCNC(=O)CC[C@H](NC1\C=C/C=C\C=C/S1)C(=O)O. The van der Waals surface area contributed by atoms with Crippen molar-refractivity contribution in [3.8, 4) is 0 Å². The van der Waals surface area contributed by atoms with E-state index in [4.69, 9.17) is 0 Å². The van der Waals surface area contributed by atoms with Gasteiger partial charge in [-0.15, -0.1) is 11.8 Å². The zero-order valence-corrected chi connectivity index (χ0v) is 12.2. The molecule has 5 nitrogen and oxygen atoms in total. The number of carbonyl (C=O) groups excluding carboxylic acids is 1. The van der Waals surface area contributed by atoms with Gasteiger partial charge < -0.3 is 10.4 Å². The lowest BCUT2D eigenvalue weighted by molar-refractivity contribution is -0.139. The van der Waals surface area contributed by atoms with Crippen LogP contribution < -0.4 is 10.6 Å². The van der Waals surface area contributed by atoms with Crippen molar-refractivity contribution in [1.29, 1.82) is 0 Å². The molecule has 0 aromatic rings. The standard InChI is InChI=1S/C14H20N2O3S/c1-2-15-12(17)9-8-11(14(18)19)16-13-7-5-3-4-6-10-20-13/h3-7,10-11,13,16H,2,8-9H2,1H3,(H,15,17)(H,18,19)/b4-3-,7-5-,10-6-/t11-,13?/m0/s1. The number of carboxylic acids is 1. The van der Waals surface area contributed by atoms with Crippen LogP contribution in [0.5, 0.6) is 0 Å². The fourth-order valence-corrected chi connectivity index (χ4v) is 2.42. The molecule has 6 heteroatoms. The van der Waals surface area contributed by atoms with Crippen LogP contribution in [0.4, 0.5) is 0 Å². The molecule has 1 heterocycles. The second-order valence-electron chi connectivity index (χ2n) is 4.20. The number of carbonyl (C=O) groups is 2. The van der Waals surface area contributed by atoms with E-state index >= 15 is 0 Å². The maximum absolute atomic E-state index is 11.4. The number of carboxylic acid groups (broad SMARTS) is 1. The summed E-state index contributed by atoms with van der Waals surface area (Å²) in [5.41, 5.74) is 0. The minimum atomic E-state index is -0.940. The average molecular weight is 296 g/mol. The predicted octanol–water partition coefficient (Wildman–Crippen LogP) is 1.64. The summed E-state index contributed by atoms with van der Waals surface area (Å²) in [5.74, 6) is -1.06. The van der Waals surface area contributed by atoms with Crippen molar-refractivity contribution in [3.05, 3.63) is 35.8 Å². The first-order chi connectivity index (χ1) is 9.63. The van der Waals surface area contributed by atoms with E-state index in [-0.39, 0.29) is 24.1 Å². The number of amides is 1. The molecule has 20 heavy (non-hydrogen) atoms. The van der Waals surface area contributed by atoms with Gasteiger partial charge in [0.05, 0.1) is 5.37 Å². The Morgan fingerprint density at radius 2 is 2.05 bits per heavy atom. The summed E-state index contributed by atoms with van der Waals surface area (Å²) in [6, 6.07) is -0.739. The van der Waals surface area contributed by atoms with E-state index in [0.29, 0.717) is 6.54 Å². The van der Waals surface area contributed by atoms with Crippen LogP contribution in [0.3, 0.4) is 0 Å². The van der Waals surface area contributed by atoms with Gasteiger partial charge in [0.15, 0.2) is 0 Å². The third kappa shape index (κ3) is 6.58. The second kappa shape index (κ2) is 9.39. The monoisotopic (exact) mass is 296 g/mol. The molecule has 1 rings (SSSR count). The lowest BCUT2D eigenvalue weighted by Crippen LogP contribution is -2.42.